The number of carbonyl (C=O) groups excluding carboxylic acids is 2. The maximum Gasteiger partial charge on any atom is 0.416 e. The van der Waals surface area contributed by atoms with E-state index in [9.17, 15) is 22.8 Å². The highest BCUT2D eigenvalue weighted by Crippen LogP contribution is 2.51. The highest BCUT2D eigenvalue weighted by molar-refractivity contribution is 5.67. The van der Waals surface area contributed by atoms with E-state index in [4.69, 9.17) is 14.2 Å². The van der Waals surface area contributed by atoms with E-state index in [2.05, 4.69) is 5.32 Å². The van der Waals surface area contributed by atoms with Gasteiger partial charge in [0.05, 0.1) is 17.7 Å². The minimum atomic E-state index is -4.51. The number of nitrogens with one attached hydrogen (secondary N) is 1. The number of hydrogen-bond donors (Lipinski definition) is 1. The van der Waals surface area contributed by atoms with Crippen molar-refractivity contribution in [3.05, 3.63) is 65.2 Å². The van der Waals surface area contributed by atoms with Crippen molar-refractivity contribution < 1.29 is 37.0 Å². The second-order valence-corrected chi connectivity index (χ2v) is 8.28. The van der Waals surface area contributed by atoms with Crippen LogP contribution in [0.3, 0.4) is 0 Å². The van der Waals surface area contributed by atoms with Crippen molar-refractivity contribution in [3.8, 4) is 0 Å². The van der Waals surface area contributed by atoms with E-state index in [1.54, 1.807) is 0 Å². The summed E-state index contributed by atoms with van der Waals surface area (Å²) in [5, 5.41) is 3.36. The van der Waals surface area contributed by atoms with Crippen molar-refractivity contribution in [1.29, 1.82) is 0 Å². The molecule has 1 fully saturated rings. The van der Waals surface area contributed by atoms with Crippen LogP contribution in [0.15, 0.2) is 48.5 Å². The van der Waals surface area contributed by atoms with Crippen LogP contribution in [-0.2, 0) is 30.0 Å². The van der Waals surface area contributed by atoms with Gasteiger partial charge in [-0.25, -0.2) is 0 Å². The summed E-state index contributed by atoms with van der Waals surface area (Å²) in [6, 6.07) is 12.7. The molecule has 0 aromatic heterocycles. The van der Waals surface area contributed by atoms with Gasteiger partial charge in [-0.2, -0.15) is 13.2 Å². The van der Waals surface area contributed by atoms with Gasteiger partial charge in [0.15, 0.2) is 0 Å². The Morgan fingerprint density at radius 1 is 1.09 bits per heavy atom. The Morgan fingerprint density at radius 3 is 2.45 bits per heavy atom. The first kappa shape index (κ1) is 23.1. The van der Waals surface area contributed by atoms with Gasteiger partial charge in [-0.15, -0.1) is 0 Å². The molecule has 1 N–H and O–H groups in total. The van der Waals surface area contributed by atoms with Crippen LogP contribution in [0.4, 0.5) is 18.9 Å². The van der Waals surface area contributed by atoms with Gasteiger partial charge in [0, 0.05) is 31.0 Å². The predicted molar refractivity (Wildman–Crippen MR) is 112 cm³/mol. The van der Waals surface area contributed by atoms with Crippen molar-refractivity contribution in [3.63, 3.8) is 0 Å². The van der Waals surface area contributed by atoms with E-state index in [1.165, 1.54) is 19.9 Å². The minimum Gasteiger partial charge on any atom is -0.463 e. The van der Waals surface area contributed by atoms with Gasteiger partial charge < -0.3 is 19.5 Å². The van der Waals surface area contributed by atoms with Crippen LogP contribution in [0.25, 0.3) is 0 Å². The van der Waals surface area contributed by atoms with Gasteiger partial charge in [-0.05, 0) is 30.2 Å². The Bertz CT molecular complexity index is 1030. The number of ether oxygens (including phenoxy) is 3. The summed E-state index contributed by atoms with van der Waals surface area (Å²) in [6.45, 7) is 2.34. The van der Waals surface area contributed by atoms with E-state index >= 15 is 0 Å². The number of fused-ring (bicyclic) bond motifs is 3. The first-order valence-corrected chi connectivity index (χ1v) is 10.6. The standard InChI is InChI=1S/C24H24F3NO5/c1-13(29)31-12-21-20(32-14(2)30)11-18-22(15-6-4-3-5-7-15)28-19-9-8-16(24(25,26)27)10-17(19)23(18)33-21/h3-10,18,20-23,28H,11-12H2,1-2H3. The third-order valence-corrected chi connectivity index (χ3v) is 5.98. The summed E-state index contributed by atoms with van der Waals surface area (Å²) in [4.78, 5) is 23.1. The Labute approximate surface area is 189 Å². The second kappa shape index (κ2) is 9.05. The molecular formula is C24H24F3NO5. The fourth-order valence-corrected chi connectivity index (χ4v) is 4.59. The molecule has 4 rings (SSSR count). The van der Waals surface area contributed by atoms with E-state index in [1.807, 2.05) is 30.3 Å². The lowest BCUT2D eigenvalue weighted by Crippen LogP contribution is -2.49. The maximum absolute atomic E-state index is 13.4. The molecule has 2 aromatic carbocycles. The normalized spacial score (nSPS) is 26.4. The number of benzene rings is 2. The number of hydrogen-bond acceptors (Lipinski definition) is 6. The van der Waals surface area contributed by atoms with Crippen LogP contribution >= 0.6 is 0 Å². The molecule has 0 radical (unpaired) electrons. The first-order chi connectivity index (χ1) is 15.6. The van der Waals surface area contributed by atoms with Gasteiger partial charge in [0.2, 0.25) is 0 Å². The molecule has 0 amide bonds. The molecule has 5 atom stereocenters. The average molecular weight is 463 g/mol. The number of halogens is 3. The molecule has 2 aromatic rings. The van der Waals surface area contributed by atoms with Crippen molar-refractivity contribution >= 4 is 17.6 Å². The maximum atomic E-state index is 13.4. The zero-order valence-electron chi connectivity index (χ0n) is 18.1. The molecule has 9 heteroatoms. The Kier molecular flexibility index (Phi) is 6.34. The number of rotatable bonds is 4. The van der Waals surface area contributed by atoms with Gasteiger partial charge in [-0.3, -0.25) is 9.59 Å². The summed E-state index contributed by atoms with van der Waals surface area (Å²) in [5.74, 6) is -1.38. The lowest BCUT2D eigenvalue weighted by Gasteiger charge is -2.48. The smallest absolute Gasteiger partial charge is 0.416 e. The molecule has 1 saturated heterocycles. The van der Waals surface area contributed by atoms with Crippen molar-refractivity contribution in [2.45, 2.75) is 50.8 Å². The van der Waals surface area contributed by atoms with Crippen molar-refractivity contribution in [2.24, 2.45) is 5.92 Å². The van der Waals surface area contributed by atoms with Crippen molar-refractivity contribution in [2.75, 3.05) is 11.9 Å². The van der Waals surface area contributed by atoms with Crippen LogP contribution in [-0.4, -0.2) is 30.8 Å². The highest BCUT2D eigenvalue weighted by atomic mass is 19.4. The highest BCUT2D eigenvalue weighted by Gasteiger charge is 2.48. The van der Waals surface area contributed by atoms with Crippen molar-refractivity contribution in [1.82, 2.24) is 0 Å². The summed E-state index contributed by atoms with van der Waals surface area (Å²) in [7, 11) is 0. The van der Waals surface area contributed by atoms with Crippen LogP contribution < -0.4 is 5.32 Å². The zero-order chi connectivity index (χ0) is 23.8. The number of carbonyl (C=O) groups is 2. The Hall–Kier alpha value is -3.07. The second-order valence-electron chi connectivity index (χ2n) is 8.28. The monoisotopic (exact) mass is 463 g/mol. The Morgan fingerprint density at radius 2 is 1.82 bits per heavy atom. The summed E-state index contributed by atoms with van der Waals surface area (Å²) in [6.07, 6.45) is -6.44. The quantitative estimate of drug-likeness (QED) is 0.656. The third kappa shape index (κ3) is 4.98. The van der Waals surface area contributed by atoms with Gasteiger partial charge in [0.1, 0.15) is 18.8 Å². The summed E-state index contributed by atoms with van der Waals surface area (Å²) < 4.78 is 57.1. The SMILES string of the molecule is CC(=O)OCC1OC2c3cc(C(F)(F)F)ccc3NC(c3ccccc3)C2CC1OC(C)=O. The minimum absolute atomic E-state index is 0.172. The lowest BCUT2D eigenvalue weighted by atomic mass is 9.75. The van der Waals surface area contributed by atoms with Crippen LogP contribution in [0, 0.1) is 5.92 Å². The number of alkyl halides is 3. The molecule has 176 valence electrons. The zero-order valence-corrected chi connectivity index (χ0v) is 18.1. The number of anilines is 1. The van der Waals surface area contributed by atoms with Crippen LogP contribution in [0.5, 0.6) is 0 Å². The van der Waals surface area contributed by atoms with Crippen LogP contribution in [0.2, 0.25) is 0 Å². The van der Waals surface area contributed by atoms with E-state index in [-0.39, 0.29) is 18.6 Å². The fraction of sp³-hybridized carbons (Fsp3) is 0.417. The summed E-state index contributed by atoms with van der Waals surface area (Å²) in [5.41, 5.74) is 1.07. The molecule has 0 aliphatic carbocycles. The number of esters is 2. The molecule has 0 bridgehead atoms. The van der Waals surface area contributed by atoms with Crippen LogP contribution in [0.1, 0.15) is 49.1 Å². The topological polar surface area (TPSA) is 73.9 Å². The Balaban J connectivity index is 1.76. The molecule has 5 unspecified atom stereocenters. The third-order valence-electron chi connectivity index (χ3n) is 5.98. The molecular weight excluding hydrogens is 439 g/mol. The molecule has 2 aliphatic heterocycles. The van der Waals surface area contributed by atoms with E-state index < -0.39 is 42.0 Å². The predicted octanol–water partition coefficient (Wildman–Crippen LogP) is 4.81. The largest absolute Gasteiger partial charge is 0.463 e. The van der Waals surface area contributed by atoms with E-state index in [0.29, 0.717) is 17.7 Å². The lowest BCUT2D eigenvalue weighted by molar-refractivity contribution is -0.195. The molecule has 2 aliphatic rings. The molecule has 33 heavy (non-hydrogen) atoms. The first-order valence-electron chi connectivity index (χ1n) is 10.6. The average Bonchev–Trinajstić information content (AvgIpc) is 2.76. The fourth-order valence-electron chi connectivity index (χ4n) is 4.59. The van der Waals surface area contributed by atoms with E-state index in [0.717, 1.165) is 17.7 Å². The molecule has 0 spiro atoms. The summed E-state index contributed by atoms with van der Waals surface area (Å²) >= 11 is 0. The molecule has 6 nitrogen and oxygen atoms in total. The van der Waals surface area contributed by atoms with Gasteiger partial charge in [-0.1, -0.05) is 30.3 Å². The molecule has 2 heterocycles. The van der Waals surface area contributed by atoms with Gasteiger partial charge >= 0.3 is 18.1 Å². The molecule has 0 saturated carbocycles. The van der Waals surface area contributed by atoms with Gasteiger partial charge in [0.25, 0.3) is 0 Å².